The Morgan fingerprint density at radius 3 is 1.62 bits per heavy atom. The van der Waals surface area contributed by atoms with Crippen molar-refractivity contribution in [1.82, 2.24) is 15.5 Å². The van der Waals surface area contributed by atoms with Gasteiger partial charge >= 0.3 is 24.0 Å². The summed E-state index contributed by atoms with van der Waals surface area (Å²) in [5.74, 6) is -3.92. The quantitative estimate of drug-likeness (QED) is 0.0209. The number of carbonyl (C=O) groups excluding carboxylic acids is 6. The number of hydrogen-bond donors (Lipinski definition) is 2. The molecule has 2 N–H and O–H groups in total. The molecule has 0 unspecified atom stereocenters. The fraction of sp³-hybridized carbons (Fsp3) is 0.852. The van der Waals surface area contributed by atoms with Gasteiger partial charge in [-0.25, -0.2) is 14.4 Å². The molecule has 0 aliphatic carbocycles. The van der Waals surface area contributed by atoms with E-state index in [-0.39, 0.29) is 24.1 Å². The molecule has 0 saturated heterocycles. The van der Waals surface area contributed by atoms with Gasteiger partial charge in [0.1, 0.15) is 23.9 Å². The van der Waals surface area contributed by atoms with Gasteiger partial charge in [0.2, 0.25) is 11.8 Å². The van der Waals surface area contributed by atoms with E-state index in [1.807, 2.05) is 27.7 Å². The van der Waals surface area contributed by atoms with Crippen molar-refractivity contribution in [1.29, 1.82) is 0 Å². The minimum absolute atomic E-state index is 0.0461. The van der Waals surface area contributed by atoms with Crippen molar-refractivity contribution in [3.63, 3.8) is 0 Å². The summed E-state index contributed by atoms with van der Waals surface area (Å²) in [4.78, 5) is 83.7. The Hall–Kier alpha value is -3.29. The van der Waals surface area contributed by atoms with Crippen LogP contribution in [0.3, 0.4) is 0 Å². The molecule has 6 atom stereocenters. The number of rotatable bonds is 33. The van der Waals surface area contributed by atoms with Crippen LogP contribution >= 0.6 is 0 Å². The maximum atomic E-state index is 14.8. The predicted molar refractivity (Wildman–Crippen MR) is 289 cm³/mol. The largest absolute Gasteiger partial charge is 0.467 e. The molecule has 0 radical (unpaired) electrons. The van der Waals surface area contributed by atoms with Gasteiger partial charge in [0.25, 0.3) is 0 Å². The molecule has 0 saturated carbocycles. The van der Waals surface area contributed by atoms with E-state index in [4.69, 9.17) is 27.8 Å². The fourth-order valence-electron chi connectivity index (χ4n) is 7.76. The standard InChI is InChI=1S/C54H103N3O12Si2/c1-21-71(22-2,23-3)69-47(50(62)64-18)45(56-51(63)68-53(11,12)13)49(61)66-46(40(6)34-32-30-28-26-24-25-27-29-31-33-39(4)5)41(7)48(60)55-42(38-65-70(19,20)54(14,15)16)35-36-43(58)57(17)37-44(59)67-52(8,9)10/h35-36,39-42,45-47H,21-34,37-38H2,1-20H3,(H,55,60)(H,56,63)/b36-35+/t40-,41+,42-,45+,46+,47+/m1/s1. The lowest BCUT2D eigenvalue weighted by atomic mass is 9.88. The van der Waals surface area contributed by atoms with Crippen LogP contribution in [-0.2, 0) is 51.8 Å². The molecule has 0 aromatic rings. The van der Waals surface area contributed by atoms with E-state index >= 15 is 0 Å². The Labute approximate surface area is 433 Å². The van der Waals surface area contributed by atoms with Crippen LogP contribution in [0.5, 0.6) is 0 Å². The third kappa shape index (κ3) is 27.5. The van der Waals surface area contributed by atoms with Gasteiger partial charge in [-0.3, -0.25) is 14.4 Å². The third-order valence-electron chi connectivity index (χ3n) is 13.5. The van der Waals surface area contributed by atoms with Crippen molar-refractivity contribution in [2.45, 2.75) is 253 Å². The maximum absolute atomic E-state index is 14.8. The van der Waals surface area contributed by atoms with E-state index in [1.165, 1.54) is 63.7 Å². The van der Waals surface area contributed by atoms with Crippen molar-refractivity contribution in [2.24, 2.45) is 17.8 Å². The van der Waals surface area contributed by atoms with E-state index < -0.39 is 93.9 Å². The first-order valence-corrected chi connectivity index (χ1v) is 32.2. The minimum Gasteiger partial charge on any atom is -0.467 e. The van der Waals surface area contributed by atoms with Gasteiger partial charge in [-0.1, -0.05) is 140 Å². The van der Waals surface area contributed by atoms with E-state index in [2.05, 4.69) is 58.3 Å². The van der Waals surface area contributed by atoms with Crippen molar-refractivity contribution < 1.29 is 56.6 Å². The number of amides is 3. The van der Waals surface area contributed by atoms with Gasteiger partial charge in [-0.05, 0) is 96.1 Å². The molecule has 0 heterocycles. The molecule has 414 valence electrons. The molecule has 15 nitrogen and oxygen atoms in total. The van der Waals surface area contributed by atoms with Crippen molar-refractivity contribution in [3.8, 4) is 0 Å². The first kappa shape index (κ1) is 67.7. The number of esters is 3. The highest BCUT2D eigenvalue weighted by molar-refractivity contribution is 6.74. The zero-order chi connectivity index (χ0) is 55.0. The second-order valence-electron chi connectivity index (χ2n) is 23.6. The molecular formula is C54H103N3O12Si2. The average molecular weight is 1040 g/mol. The van der Waals surface area contributed by atoms with E-state index in [9.17, 15) is 28.8 Å². The highest BCUT2D eigenvalue weighted by Crippen LogP contribution is 2.37. The zero-order valence-electron chi connectivity index (χ0n) is 48.4. The molecule has 3 amide bonds. The molecule has 71 heavy (non-hydrogen) atoms. The van der Waals surface area contributed by atoms with Crippen LogP contribution in [0, 0.1) is 17.8 Å². The highest BCUT2D eigenvalue weighted by Gasteiger charge is 2.46. The minimum atomic E-state index is -2.64. The normalized spacial score (nSPS) is 15.3. The summed E-state index contributed by atoms with van der Waals surface area (Å²) < 4.78 is 35.8. The van der Waals surface area contributed by atoms with E-state index in [1.54, 1.807) is 54.5 Å². The van der Waals surface area contributed by atoms with E-state index in [0.717, 1.165) is 31.6 Å². The topological polar surface area (TPSA) is 185 Å². The number of alkyl carbamates (subject to hydrolysis) is 1. The fourth-order valence-corrected chi connectivity index (χ4v) is 11.6. The number of nitrogens with zero attached hydrogens (tertiary/aromatic N) is 1. The smallest absolute Gasteiger partial charge is 0.408 e. The van der Waals surface area contributed by atoms with Crippen molar-refractivity contribution >= 4 is 52.5 Å². The Morgan fingerprint density at radius 2 is 1.17 bits per heavy atom. The number of hydrogen-bond acceptors (Lipinski definition) is 12. The van der Waals surface area contributed by atoms with Gasteiger partial charge in [0.15, 0.2) is 28.8 Å². The number of ether oxygens (including phenoxy) is 4. The van der Waals surface area contributed by atoms with Crippen LogP contribution in [0.4, 0.5) is 4.79 Å². The van der Waals surface area contributed by atoms with Crippen LogP contribution < -0.4 is 10.6 Å². The first-order chi connectivity index (χ1) is 32.7. The van der Waals surface area contributed by atoms with Crippen molar-refractivity contribution in [2.75, 3.05) is 27.3 Å². The first-order valence-electron chi connectivity index (χ1n) is 26.7. The molecule has 0 fully saturated rings. The lowest BCUT2D eigenvalue weighted by Gasteiger charge is -2.37. The van der Waals surface area contributed by atoms with Crippen molar-refractivity contribution in [3.05, 3.63) is 12.2 Å². The van der Waals surface area contributed by atoms with Gasteiger partial charge < -0.3 is 43.3 Å². The Balaban J connectivity index is 7.09. The monoisotopic (exact) mass is 1040 g/mol. The van der Waals surface area contributed by atoms with Gasteiger partial charge in [0.05, 0.1) is 25.7 Å². The van der Waals surface area contributed by atoms with Crippen LogP contribution in [0.25, 0.3) is 0 Å². The lowest BCUT2D eigenvalue weighted by Crippen LogP contribution is -2.59. The second kappa shape index (κ2) is 32.1. The maximum Gasteiger partial charge on any atom is 0.408 e. The van der Waals surface area contributed by atoms with Crippen LogP contribution in [0.15, 0.2) is 12.2 Å². The number of unbranched alkanes of at least 4 members (excludes halogenated alkanes) is 8. The summed E-state index contributed by atoms with van der Waals surface area (Å²) in [6.45, 7) is 34.6. The summed E-state index contributed by atoms with van der Waals surface area (Å²) in [6.07, 6.45) is 11.4. The number of methoxy groups -OCH3 is 1. The molecule has 0 spiro atoms. The van der Waals surface area contributed by atoms with Gasteiger partial charge in [0, 0.05) is 13.1 Å². The number of nitrogens with one attached hydrogen (secondary N) is 2. The second-order valence-corrected chi connectivity index (χ2v) is 33.1. The lowest BCUT2D eigenvalue weighted by molar-refractivity contribution is -0.168. The Morgan fingerprint density at radius 1 is 0.676 bits per heavy atom. The molecule has 0 aliphatic heterocycles. The zero-order valence-corrected chi connectivity index (χ0v) is 50.4. The summed E-state index contributed by atoms with van der Waals surface area (Å²) in [7, 11) is -2.31. The molecule has 0 bridgehead atoms. The summed E-state index contributed by atoms with van der Waals surface area (Å²) in [5.41, 5.74) is -1.66. The highest BCUT2D eigenvalue weighted by atomic mass is 28.4. The molecule has 0 aliphatic rings. The Bertz CT molecular complexity index is 1640. The Kier molecular flexibility index (Phi) is 30.6. The van der Waals surface area contributed by atoms with E-state index in [0.29, 0.717) is 24.6 Å². The predicted octanol–water partition coefficient (Wildman–Crippen LogP) is 11.4. The molecule has 0 aromatic carbocycles. The number of carbonyl (C=O) groups is 6. The van der Waals surface area contributed by atoms with Crippen LogP contribution in [0.2, 0.25) is 36.3 Å². The summed E-state index contributed by atoms with van der Waals surface area (Å²) in [6, 6.07) is -0.568. The van der Waals surface area contributed by atoms with Crippen LogP contribution in [0.1, 0.15) is 181 Å². The van der Waals surface area contributed by atoms with Crippen LogP contribution in [-0.4, -0.2) is 120 Å². The average Bonchev–Trinajstić information content (AvgIpc) is 3.25. The SMILES string of the molecule is CC[Si](CC)(CC)O[C@H](C(=O)OC)[C@H](NC(=O)OC(C)(C)C)C(=O)O[C@@H]([C@H](C)CCCCCCCCCCCC(C)C)[C@H](C)C(=O)N[C@H](/C=C/C(=O)N(C)CC(=O)OC(C)(C)C)CO[Si](C)(C)C(C)(C)C. The molecule has 0 rings (SSSR count). The molecular weight excluding hydrogens is 939 g/mol. The summed E-state index contributed by atoms with van der Waals surface area (Å²) in [5, 5.41) is 5.49. The third-order valence-corrected chi connectivity index (χ3v) is 22.6. The summed E-state index contributed by atoms with van der Waals surface area (Å²) >= 11 is 0. The van der Waals surface area contributed by atoms with Gasteiger partial charge in [-0.2, -0.15) is 0 Å². The molecule has 0 aromatic heterocycles. The molecule has 17 heteroatoms. The van der Waals surface area contributed by atoms with Gasteiger partial charge in [-0.15, -0.1) is 0 Å². The number of likely N-dealkylation sites (N-methyl/N-ethyl adjacent to an activating group) is 1.